The lowest BCUT2D eigenvalue weighted by atomic mass is 10.2. The third-order valence-corrected chi connectivity index (χ3v) is 1.70. The Morgan fingerprint density at radius 2 is 2.14 bits per heavy atom. The van der Waals surface area contributed by atoms with Crippen LogP contribution in [0.25, 0.3) is 11.0 Å². The number of nitrogens with zero attached hydrogens (tertiary/aromatic N) is 1. The summed E-state index contributed by atoms with van der Waals surface area (Å²) in [6.45, 7) is 4.30. The summed E-state index contributed by atoms with van der Waals surface area (Å²) in [5.41, 5.74) is 6.48. The monoisotopic (exact) mass is 196 g/mol. The van der Waals surface area contributed by atoms with Crippen LogP contribution in [-0.2, 0) is 6.54 Å². The van der Waals surface area contributed by atoms with Gasteiger partial charge in [-0.25, -0.2) is 4.39 Å². The highest BCUT2D eigenvalue weighted by Gasteiger charge is 2.06. The van der Waals surface area contributed by atoms with E-state index in [-0.39, 0.29) is 5.82 Å². The van der Waals surface area contributed by atoms with Crippen LogP contribution in [0.2, 0.25) is 0 Å². The second kappa shape index (κ2) is 4.72. The van der Waals surface area contributed by atoms with Gasteiger partial charge in [0.25, 0.3) is 0 Å². The van der Waals surface area contributed by atoms with Crippen LogP contribution in [0.1, 0.15) is 19.5 Å². The molecule has 0 aliphatic rings. The van der Waals surface area contributed by atoms with Gasteiger partial charge >= 0.3 is 0 Å². The Hall–Kier alpha value is -1.42. The molecular weight excluding hydrogens is 183 g/mol. The average Bonchev–Trinajstić information content (AvgIpc) is 2.62. The minimum absolute atomic E-state index is 0.304. The maximum Gasteiger partial charge on any atom is 0.170 e. The molecule has 0 atom stereocenters. The van der Waals surface area contributed by atoms with Gasteiger partial charge in [-0.2, -0.15) is 0 Å². The molecule has 3 nitrogen and oxygen atoms in total. The molecule has 0 fully saturated rings. The third-order valence-electron chi connectivity index (χ3n) is 1.70. The smallest absolute Gasteiger partial charge is 0.170 e. The third kappa shape index (κ3) is 1.90. The first-order valence-corrected chi connectivity index (χ1v) is 4.55. The van der Waals surface area contributed by atoms with Crippen molar-refractivity contribution >= 4 is 11.0 Å². The lowest BCUT2D eigenvalue weighted by Crippen LogP contribution is -1.96. The Kier molecular flexibility index (Phi) is 3.59. The molecule has 0 bridgehead atoms. The Labute approximate surface area is 81.7 Å². The van der Waals surface area contributed by atoms with E-state index in [1.165, 1.54) is 12.1 Å². The topological polar surface area (TPSA) is 52.0 Å². The summed E-state index contributed by atoms with van der Waals surface area (Å²) < 4.78 is 17.5. The fourth-order valence-electron chi connectivity index (χ4n) is 1.11. The van der Waals surface area contributed by atoms with E-state index in [1.807, 2.05) is 13.8 Å². The maximum atomic E-state index is 12.6. The zero-order valence-corrected chi connectivity index (χ0v) is 8.25. The highest BCUT2D eigenvalue weighted by atomic mass is 19.1. The highest BCUT2D eigenvalue weighted by molar-refractivity contribution is 5.79. The van der Waals surface area contributed by atoms with Gasteiger partial charge in [-0.3, -0.25) is 0 Å². The molecule has 0 saturated carbocycles. The van der Waals surface area contributed by atoms with Gasteiger partial charge in [0.1, 0.15) is 11.5 Å². The van der Waals surface area contributed by atoms with Crippen molar-refractivity contribution in [2.45, 2.75) is 20.4 Å². The summed E-state index contributed by atoms with van der Waals surface area (Å²) >= 11 is 0. The Morgan fingerprint density at radius 3 is 2.79 bits per heavy atom. The fourth-order valence-corrected chi connectivity index (χ4v) is 1.11. The van der Waals surface area contributed by atoms with Gasteiger partial charge in [-0.15, -0.1) is 0 Å². The molecule has 0 unspecified atom stereocenters. The molecule has 14 heavy (non-hydrogen) atoms. The molecule has 1 aromatic heterocycles. The van der Waals surface area contributed by atoms with Gasteiger partial charge in [0.15, 0.2) is 5.58 Å². The van der Waals surface area contributed by atoms with Gasteiger partial charge in [0.2, 0.25) is 0 Å². The number of fused-ring (bicyclic) bond motifs is 1. The predicted molar refractivity (Wildman–Crippen MR) is 53.2 cm³/mol. The van der Waals surface area contributed by atoms with Gasteiger partial charge in [-0.05, 0) is 12.1 Å². The lowest BCUT2D eigenvalue weighted by Gasteiger charge is -1.88. The SMILES string of the molecule is CC.NCc1noc2cc(F)ccc12. The van der Waals surface area contributed by atoms with Crippen molar-refractivity contribution in [1.29, 1.82) is 0 Å². The Bertz CT molecular complexity index is 411. The van der Waals surface area contributed by atoms with Gasteiger partial charge in [0.05, 0.1) is 0 Å². The summed E-state index contributed by atoms with van der Waals surface area (Å²) in [6.07, 6.45) is 0. The van der Waals surface area contributed by atoms with Crippen LogP contribution < -0.4 is 5.73 Å². The molecule has 1 heterocycles. The molecule has 0 radical (unpaired) electrons. The largest absolute Gasteiger partial charge is 0.356 e. The van der Waals surface area contributed by atoms with E-state index in [4.69, 9.17) is 10.3 Å². The van der Waals surface area contributed by atoms with Crippen molar-refractivity contribution in [3.05, 3.63) is 29.7 Å². The molecule has 4 heteroatoms. The molecule has 0 aliphatic carbocycles. The molecule has 2 rings (SSSR count). The summed E-state index contributed by atoms with van der Waals surface area (Å²) in [6, 6.07) is 4.27. The van der Waals surface area contributed by atoms with Crippen molar-refractivity contribution in [3.8, 4) is 0 Å². The number of hydrogen-bond acceptors (Lipinski definition) is 3. The molecule has 2 N–H and O–H groups in total. The standard InChI is InChI=1S/C8H7FN2O.C2H6/c9-5-1-2-6-7(4-10)11-12-8(6)3-5;1-2/h1-3H,4,10H2;1-2H3. The van der Waals surface area contributed by atoms with Crippen molar-refractivity contribution in [2.24, 2.45) is 5.73 Å². The summed E-state index contributed by atoms with van der Waals surface area (Å²) in [4.78, 5) is 0. The minimum Gasteiger partial charge on any atom is -0.356 e. The number of rotatable bonds is 1. The number of aromatic nitrogens is 1. The van der Waals surface area contributed by atoms with E-state index in [9.17, 15) is 4.39 Å². The lowest BCUT2D eigenvalue weighted by molar-refractivity contribution is 0.445. The average molecular weight is 196 g/mol. The molecule has 0 aliphatic heterocycles. The molecule has 76 valence electrons. The molecule has 2 aromatic rings. The molecule has 0 spiro atoms. The van der Waals surface area contributed by atoms with Crippen LogP contribution in [0.5, 0.6) is 0 Å². The number of hydrogen-bond donors (Lipinski definition) is 1. The number of nitrogens with two attached hydrogens (primary N) is 1. The van der Waals surface area contributed by atoms with E-state index in [0.29, 0.717) is 17.8 Å². The predicted octanol–water partition coefficient (Wildman–Crippen LogP) is 2.45. The number of halogens is 1. The van der Waals surface area contributed by atoms with Gasteiger partial charge in [-0.1, -0.05) is 19.0 Å². The summed E-state index contributed by atoms with van der Waals surface area (Å²) in [7, 11) is 0. The Balaban J connectivity index is 0.000000461. The van der Waals surface area contributed by atoms with Crippen LogP contribution in [0.3, 0.4) is 0 Å². The van der Waals surface area contributed by atoms with Gasteiger partial charge < -0.3 is 10.3 Å². The zero-order chi connectivity index (χ0) is 10.6. The highest BCUT2D eigenvalue weighted by Crippen LogP contribution is 2.18. The van der Waals surface area contributed by atoms with Crippen molar-refractivity contribution < 1.29 is 8.91 Å². The first kappa shape index (κ1) is 10.7. The summed E-state index contributed by atoms with van der Waals surface area (Å²) in [5, 5.41) is 4.46. The van der Waals surface area contributed by atoms with Crippen LogP contribution in [0.4, 0.5) is 4.39 Å². The van der Waals surface area contributed by atoms with Crippen molar-refractivity contribution in [2.75, 3.05) is 0 Å². The second-order valence-corrected chi connectivity index (χ2v) is 2.47. The van der Waals surface area contributed by atoms with Crippen LogP contribution in [0, 0.1) is 5.82 Å². The molecule has 0 saturated heterocycles. The molecule has 0 amide bonds. The first-order chi connectivity index (χ1) is 6.81. The summed E-state index contributed by atoms with van der Waals surface area (Å²) in [5.74, 6) is -0.331. The van der Waals surface area contributed by atoms with E-state index >= 15 is 0 Å². The van der Waals surface area contributed by atoms with Crippen LogP contribution >= 0.6 is 0 Å². The van der Waals surface area contributed by atoms with Crippen molar-refractivity contribution in [1.82, 2.24) is 5.16 Å². The zero-order valence-electron chi connectivity index (χ0n) is 8.25. The van der Waals surface area contributed by atoms with E-state index in [1.54, 1.807) is 6.07 Å². The van der Waals surface area contributed by atoms with Gasteiger partial charge in [0, 0.05) is 18.0 Å². The molecular formula is C10H13FN2O. The van der Waals surface area contributed by atoms with Crippen LogP contribution in [-0.4, -0.2) is 5.16 Å². The van der Waals surface area contributed by atoms with E-state index in [2.05, 4.69) is 5.16 Å². The molecule has 1 aromatic carbocycles. The van der Waals surface area contributed by atoms with Crippen molar-refractivity contribution in [3.63, 3.8) is 0 Å². The first-order valence-electron chi connectivity index (χ1n) is 4.55. The quantitative estimate of drug-likeness (QED) is 0.762. The maximum absolute atomic E-state index is 12.6. The van der Waals surface area contributed by atoms with E-state index in [0.717, 1.165) is 5.39 Å². The normalized spacial score (nSPS) is 9.71. The van der Waals surface area contributed by atoms with Crippen LogP contribution in [0.15, 0.2) is 22.7 Å². The number of benzene rings is 1. The fraction of sp³-hybridized carbons (Fsp3) is 0.300. The Morgan fingerprint density at radius 1 is 1.43 bits per heavy atom. The van der Waals surface area contributed by atoms with E-state index < -0.39 is 0 Å². The minimum atomic E-state index is -0.331. The second-order valence-electron chi connectivity index (χ2n) is 2.47.